The highest BCUT2D eigenvalue weighted by Crippen LogP contribution is 2.03. The Balaban J connectivity index is 2.26. The van der Waals surface area contributed by atoms with Crippen molar-refractivity contribution in [1.29, 1.82) is 0 Å². The molecule has 0 aliphatic carbocycles. The van der Waals surface area contributed by atoms with Gasteiger partial charge in [0.2, 0.25) is 15.9 Å². The Morgan fingerprint density at radius 1 is 1.21 bits per heavy atom. The maximum Gasteiger partial charge on any atom is 0.239 e. The predicted octanol–water partition coefficient (Wildman–Crippen LogP) is 0.106. The first-order chi connectivity index (χ1) is 8.92. The van der Waals surface area contributed by atoms with Gasteiger partial charge < -0.3 is 10.6 Å². The zero-order chi connectivity index (χ0) is 14.3. The average molecular weight is 285 g/mol. The Kier molecular flexibility index (Phi) is 5.78. The molecule has 2 N–H and O–H groups in total. The van der Waals surface area contributed by atoms with Gasteiger partial charge >= 0.3 is 0 Å². The van der Waals surface area contributed by atoms with Gasteiger partial charge in [0.15, 0.2) is 0 Å². The summed E-state index contributed by atoms with van der Waals surface area (Å²) in [5, 5.41) is 5.50. The van der Waals surface area contributed by atoms with E-state index in [9.17, 15) is 13.2 Å². The lowest BCUT2D eigenvalue weighted by Crippen LogP contribution is -2.36. The maximum absolute atomic E-state index is 11.5. The molecule has 0 heterocycles. The van der Waals surface area contributed by atoms with Crippen LogP contribution in [0.25, 0.3) is 0 Å². The van der Waals surface area contributed by atoms with Crippen molar-refractivity contribution in [2.75, 3.05) is 38.3 Å². The summed E-state index contributed by atoms with van der Waals surface area (Å²) in [5.74, 6) is -0.338. The van der Waals surface area contributed by atoms with E-state index in [-0.39, 0.29) is 24.7 Å². The summed E-state index contributed by atoms with van der Waals surface area (Å²) in [4.78, 5) is 11.5. The molecule has 6 nitrogen and oxygen atoms in total. The summed E-state index contributed by atoms with van der Waals surface area (Å²) in [6.07, 6.45) is 0. The Labute approximate surface area is 113 Å². The molecule has 106 valence electrons. The number of amides is 1. The molecule has 1 amide bonds. The standard InChI is InChI=1S/C12H19N3O3S/c1-15(2)19(17,18)9-8-13-12(16)10-14-11-6-4-3-5-7-11/h3-7,14H,8-10H2,1-2H3,(H,13,16). The van der Waals surface area contributed by atoms with E-state index in [0.717, 1.165) is 9.99 Å². The van der Waals surface area contributed by atoms with Gasteiger partial charge in [-0.2, -0.15) is 0 Å². The van der Waals surface area contributed by atoms with Crippen LogP contribution in [0, 0.1) is 0 Å². The topological polar surface area (TPSA) is 78.5 Å². The monoisotopic (exact) mass is 285 g/mol. The molecular formula is C12H19N3O3S. The quantitative estimate of drug-likeness (QED) is 0.745. The van der Waals surface area contributed by atoms with Gasteiger partial charge in [-0.3, -0.25) is 4.79 Å². The summed E-state index contributed by atoms with van der Waals surface area (Å²) >= 11 is 0. The molecule has 0 saturated carbocycles. The van der Waals surface area contributed by atoms with Crippen LogP contribution in [-0.4, -0.2) is 51.6 Å². The lowest BCUT2D eigenvalue weighted by molar-refractivity contribution is -0.119. The van der Waals surface area contributed by atoms with Gasteiger partial charge in [-0.1, -0.05) is 18.2 Å². The van der Waals surface area contributed by atoms with E-state index in [1.54, 1.807) is 0 Å². The lowest BCUT2D eigenvalue weighted by Gasteiger charge is -2.12. The van der Waals surface area contributed by atoms with E-state index in [4.69, 9.17) is 0 Å². The first-order valence-electron chi connectivity index (χ1n) is 5.87. The van der Waals surface area contributed by atoms with Gasteiger partial charge in [0.25, 0.3) is 0 Å². The highest BCUT2D eigenvalue weighted by molar-refractivity contribution is 7.89. The summed E-state index contributed by atoms with van der Waals surface area (Å²) < 4.78 is 24.0. The number of nitrogens with zero attached hydrogens (tertiary/aromatic N) is 1. The van der Waals surface area contributed by atoms with Gasteiger partial charge in [-0.15, -0.1) is 0 Å². The van der Waals surface area contributed by atoms with Crippen LogP contribution in [0.4, 0.5) is 5.69 Å². The molecule has 0 radical (unpaired) electrons. The minimum absolute atomic E-state index is 0.100. The van der Waals surface area contributed by atoms with Crippen molar-refractivity contribution < 1.29 is 13.2 Å². The number of nitrogens with one attached hydrogen (secondary N) is 2. The van der Waals surface area contributed by atoms with Crippen LogP contribution in [0.5, 0.6) is 0 Å². The number of carbonyl (C=O) groups is 1. The van der Waals surface area contributed by atoms with E-state index in [0.29, 0.717) is 0 Å². The van der Waals surface area contributed by atoms with Gasteiger partial charge in [0, 0.05) is 26.3 Å². The fourth-order valence-electron chi connectivity index (χ4n) is 1.30. The van der Waals surface area contributed by atoms with Crippen molar-refractivity contribution in [3.63, 3.8) is 0 Å². The molecule has 0 atom stereocenters. The molecule has 19 heavy (non-hydrogen) atoms. The Morgan fingerprint density at radius 3 is 2.42 bits per heavy atom. The molecule has 0 saturated heterocycles. The molecular weight excluding hydrogens is 266 g/mol. The number of anilines is 1. The summed E-state index contributed by atoms with van der Waals surface area (Å²) in [6.45, 7) is 0.224. The summed E-state index contributed by atoms with van der Waals surface area (Å²) in [5.41, 5.74) is 0.846. The number of sulfonamides is 1. The van der Waals surface area contributed by atoms with Crippen molar-refractivity contribution in [2.45, 2.75) is 0 Å². The van der Waals surface area contributed by atoms with Crippen molar-refractivity contribution in [3.05, 3.63) is 30.3 Å². The zero-order valence-electron chi connectivity index (χ0n) is 11.1. The third-order valence-electron chi connectivity index (χ3n) is 2.47. The fraction of sp³-hybridized carbons (Fsp3) is 0.417. The van der Waals surface area contributed by atoms with Crippen LogP contribution in [-0.2, 0) is 14.8 Å². The highest BCUT2D eigenvalue weighted by atomic mass is 32.2. The number of para-hydroxylation sites is 1. The number of hydrogen-bond donors (Lipinski definition) is 2. The van der Waals surface area contributed by atoms with Gasteiger partial charge in [-0.05, 0) is 12.1 Å². The predicted molar refractivity (Wildman–Crippen MR) is 75.4 cm³/mol. The van der Waals surface area contributed by atoms with E-state index >= 15 is 0 Å². The molecule has 0 aliphatic rings. The van der Waals surface area contributed by atoms with Crippen LogP contribution in [0.3, 0.4) is 0 Å². The SMILES string of the molecule is CN(C)S(=O)(=O)CCNC(=O)CNc1ccccc1. The van der Waals surface area contributed by atoms with Crippen molar-refractivity contribution >= 4 is 21.6 Å². The fourth-order valence-corrected chi connectivity index (χ4v) is 2.03. The molecule has 0 fully saturated rings. The molecule has 1 aromatic rings. The summed E-state index contributed by atoms with van der Waals surface area (Å²) in [7, 11) is -0.330. The molecule has 1 rings (SSSR count). The molecule has 1 aromatic carbocycles. The lowest BCUT2D eigenvalue weighted by atomic mass is 10.3. The molecule has 0 bridgehead atoms. The Morgan fingerprint density at radius 2 is 1.84 bits per heavy atom. The minimum atomic E-state index is -3.26. The van der Waals surface area contributed by atoms with Crippen LogP contribution >= 0.6 is 0 Å². The highest BCUT2D eigenvalue weighted by Gasteiger charge is 2.13. The smallest absolute Gasteiger partial charge is 0.239 e. The molecule has 0 unspecified atom stereocenters. The zero-order valence-corrected chi connectivity index (χ0v) is 11.9. The maximum atomic E-state index is 11.5. The number of hydrogen-bond acceptors (Lipinski definition) is 4. The first kappa shape index (κ1) is 15.5. The normalized spacial score (nSPS) is 11.3. The molecule has 0 aromatic heterocycles. The number of carbonyl (C=O) groups excluding carboxylic acids is 1. The van der Waals surface area contributed by atoms with Gasteiger partial charge in [0.05, 0.1) is 12.3 Å². The molecule has 0 aliphatic heterocycles. The Hall–Kier alpha value is -1.60. The van der Waals surface area contributed by atoms with Gasteiger partial charge in [-0.25, -0.2) is 12.7 Å². The van der Waals surface area contributed by atoms with E-state index in [1.807, 2.05) is 30.3 Å². The van der Waals surface area contributed by atoms with Crippen LogP contribution < -0.4 is 10.6 Å². The Bertz CT molecular complexity index is 500. The van der Waals surface area contributed by atoms with Crippen molar-refractivity contribution in [2.24, 2.45) is 0 Å². The first-order valence-corrected chi connectivity index (χ1v) is 7.48. The average Bonchev–Trinajstić information content (AvgIpc) is 2.37. The second-order valence-electron chi connectivity index (χ2n) is 4.17. The second-order valence-corrected chi connectivity index (χ2v) is 6.47. The van der Waals surface area contributed by atoms with E-state index in [1.165, 1.54) is 14.1 Å². The van der Waals surface area contributed by atoms with Crippen molar-refractivity contribution in [3.8, 4) is 0 Å². The molecule has 7 heteroatoms. The van der Waals surface area contributed by atoms with Gasteiger partial charge in [0.1, 0.15) is 0 Å². The largest absolute Gasteiger partial charge is 0.376 e. The third kappa shape index (κ3) is 5.71. The van der Waals surface area contributed by atoms with Crippen LogP contribution in [0.1, 0.15) is 0 Å². The van der Waals surface area contributed by atoms with E-state index < -0.39 is 10.0 Å². The third-order valence-corrected chi connectivity index (χ3v) is 4.30. The number of rotatable bonds is 7. The van der Waals surface area contributed by atoms with Crippen molar-refractivity contribution in [1.82, 2.24) is 9.62 Å². The molecule has 0 spiro atoms. The minimum Gasteiger partial charge on any atom is -0.376 e. The van der Waals surface area contributed by atoms with Crippen LogP contribution in [0.15, 0.2) is 30.3 Å². The van der Waals surface area contributed by atoms with Crippen LogP contribution in [0.2, 0.25) is 0 Å². The summed E-state index contributed by atoms with van der Waals surface area (Å²) in [6, 6.07) is 9.32. The second kappa shape index (κ2) is 7.10. The number of benzene rings is 1. The van der Waals surface area contributed by atoms with E-state index in [2.05, 4.69) is 10.6 Å².